The molecule has 2 aromatic heterocycles. The fourth-order valence-electron chi connectivity index (χ4n) is 10.1. The number of nitrogens with zero attached hydrogens (tertiary/aromatic N) is 4. The Morgan fingerprint density at radius 2 is 1.05 bits per heavy atom. The number of amides is 4. The number of methoxy groups -OCH3 is 2. The molecule has 0 radical (unpaired) electrons. The number of rotatable bonds is 12. The molecule has 3 fully saturated rings. The first-order valence-corrected chi connectivity index (χ1v) is 22.8. The summed E-state index contributed by atoms with van der Waals surface area (Å²) in [7, 11) is 2.60. The van der Waals surface area contributed by atoms with Crippen LogP contribution in [0.5, 0.6) is 0 Å². The summed E-state index contributed by atoms with van der Waals surface area (Å²) in [5.74, 6) is 1.39. The quantitative estimate of drug-likeness (QED) is 0.0901. The van der Waals surface area contributed by atoms with E-state index in [-0.39, 0.29) is 41.7 Å². The summed E-state index contributed by atoms with van der Waals surface area (Å²) in [6.07, 6.45) is 8.26. The Balaban J connectivity index is 1.12. The number of nitrogens with one attached hydrogen (secondary N) is 4. The third-order valence-corrected chi connectivity index (χ3v) is 13.5. The molecule has 334 valence electrons. The maximum Gasteiger partial charge on any atom is 0.407 e. The number of H-pyrrole nitrogens is 2. The molecule has 2 unspecified atom stereocenters. The molecule has 8 rings (SSSR count). The van der Waals surface area contributed by atoms with E-state index < -0.39 is 24.3 Å². The van der Waals surface area contributed by atoms with E-state index in [9.17, 15) is 19.2 Å². The van der Waals surface area contributed by atoms with E-state index in [1.54, 1.807) is 0 Å². The van der Waals surface area contributed by atoms with Crippen molar-refractivity contribution < 1.29 is 28.7 Å². The lowest BCUT2D eigenvalue weighted by Crippen LogP contribution is -2.51. The van der Waals surface area contributed by atoms with Crippen molar-refractivity contribution in [2.24, 2.45) is 11.8 Å². The summed E-state index contributed by atoms with van der Waals surface area (Å²) < 4.78 is 9.67. The molecule has 3 aliphatic rings. The number of carbonyl (C=O) groups excluding carboxylic acids is 4. The molecule has 14 nitrogen and oxygen atoms in total. The van der Waals surface area contributed by atoms with E-state index in [1.165, 1.54) is 57.5 Å². The second-order valence-electron chi connectivity index (χ2n) is 18.3. The van der Waals surface area contributed by atoms with Crippen LogP contribution in [-0.2, 0) is 19.1 Å². The van der Waals surface area contributed by atoms with Crippen molar-refractivity contribution in [1.29, 1.82) is 0 Å². The zero-order chi connectivity index (χ0) is 44.4. The van der Waals surface area contributed by atoms with Crippen molar-refractivity contribution in [2.45, 2.75) is 121 Å². The van der Waals surface area contributed by atoms with E-state index in [0.29, 0.717) is 19.0 Å². The first-order chi connectivity index (χ1) is 30.4. The normalized spacial score (nSPS) is 19.7. The fraction of sp³-hybridized carbons (Fsp3) is 0.510. The molecule has 63 heavy (non-hydrogen) atoms. The van der Waals surface area contributed by atoms with Gasteiger partial charge in [0, 0.05) is 19.0 Å². The first kappa shape index (κ1) is 43.7. The summed E-state index contributed by atoms with van der Waals surface area (Å²) in [6.45, 7) is 8.82. The number of carbonyl (C=O) groups is 4. The number of hydrogen-bond donors (Lipinski definition) is 4. The van der Waals surface area contributed by atoms with Crippen LogP contribution in [0.2, 0.25) is 0 Å². The maximum absolute atomic E-state index is 13.9. The van der Waals surface area contributed by atoms with Gasteiger partial charge in [-0.2, -0.15) is 0 Å². The Morgan fingerprint density at radius 3 is 1.48 bits per heavy atom. The molecule has 0 spiro atoms. The number of likely N-dealkylation sites (tertiary alicyclic amines) is 2. The van der Waals surface area contributed by atoms with Crippen LogP contribution in [0.3, 0.4) is 0 Å². The molecule has 14 heteroatoms. The second kappa shape index (κ2) is 18.8. The summed E-state index contributed by atoms with van der Waals surface area (Å²) in [6, 6.07) is 20.0. The number of alkyl carbamates (subject to hydrolysis) is 2. The number of ether oxygens (including phenoxy) is 2. The summed E-state index contributed by atoms with van der Waals surface area (Å²) >= 11 is 0. The monoisotopic (exact) mass is 858 g/mol. The highest BCUT2D eigenvalue weighted by molar-refractivity contribution is 5.87. The molecule has 2 aliphatic heterocycles. The predicted octanol–water partition coefficient (Wildman–Crippen LogP) is 8.76. The van der Waals surface area contributed by atoms with Crippen LogP contribution in [0.4, 0.5) is 9.59 Å². The lowest BCUT2D eigenvalue weighted by atomic mass is 9.81. The fourth-order valence-corrected chi connectivity index (χ4v) is 10.1. The molecule has 3 aromatic carbocycles. The standard InChI is InChI=1S/C49H62N8O6/c1-28(2)42(54-48(60)62-5)46(58)56-24-10-14-39(56)44-50-35-22-20-33(26-37(35)52-44)41(32-18-16-31(17-19-32)30-12-8-7-9-13-30)34-21-23-36-38(27-34)53-45(51-36)40-15-11-25-57(40)47(59)43(29(3)4)55-49(61)63-6/h16-23,26-30,39-43H,7-15,24-25H2,1-6H3,(H,50,52)(H,51,53)(H,54,60)(H,55,61)/t39-,40-,41?,42-,43?/m0/s1. The molecule has 2 saturated heterocycles. The highest BCUT2D eigenvalue weighted by Crippen LogP contribution is 2.40. The molecular formula is C49H62N8O6. The van der Waals surface area contributed by atoms with Gasteiger partial charge >= 0.3 is 12.2 Å². The van der Waals surface area contributed by atoms with Gasteiger partial charge in [-0.3, -0.25) is 9.59 Å². The molecule has 4 heterocycles. The van der Waals surface area contributed by atoms with Crippen LogP contribution in [0.15, 0.2) is 60.7 Å². The van der Waals surface area contributed by atoms with Crippen LogP contribution in [0, 0.1) is 11.8 Å². The third kappa shape index (κ3) is 9.12. The third-order valence-electron chi connectivity index (χ3n) is 13.5. The molecule has 5 aromatic rings. The van der Waals surface area contributed by atoms with Crippen molar-refractivity contribution in [2.75, 3.05) is 27.3 Å². The first-order valence-electron chi connectivity index (χ1n) is 22.8. The Hall–Kier alpha value is -5.92. The van der Waals surface area contributed by atoms with Gasteiger partial charge in [0.2, 0.25) is 11.8 Å². The number of hydrogen-bond acceptors (Lipinski definition) is 8. The number of aromatic amines is 2. The molecule has 0 bridgehead atoms. The van der Waals surface area contributed by atoms with E-state index in [1.807, 2.05) is 37.5 Å². The van der Waals surface area contributed by atoms with E-state index in [4.69, 9.17) is 19.4 Å². The Kier molecular flexibility index (Phi) is 13.1. The summed E-state index contributed by atoms with van der Waals surface area (Å²) in [5, 5.41) is 5.48. The van der Waals surface area contributed by atoms with E-state index in [2.05, 4.69) is 81.3 Å². The lowest BCUT2D eigenvalue weighted by Gasteiger charge is -2.29. The highest BCUT2D eigenvalue weighted by Gasteiger charge is 2.39. The average molecular weight is 859 g/mol. The van der Waals surface area contributed by atoms with Gasteiger partial charge in [-0.25, -0.2) is 19.6 Å². The molecular weight excluding hydrogens is 797 g/mol. The maximum atomic E-state index is 13.9. The van der Waals surface area contributed by atoms with Gasteiger partial charge in [0.15, 0.2) is 0 Å². The van der Waals surface area contributed by atoms with Gasteiger partial charge in [0.25, 0.3) is 0 Å². The second-order valence-corrected chi connectivity index (χ2v) is 18.3. The molecule has 1 aliphatic carbocycles. The van der Waals surface area contributed by atoms with Gasteiger partial charge in [-0.15, -0.1) is 0 Å². The molecule has 5 atom stereocenters. The SMILES string of the molecule is COC(=O)NC(C(=O)N1CCC[C@H]1c1nc2ccc(C(c3ccc(C4CCCCC4)cc3)c3ccc4nc([C@@H]5CCCN5C(=O)[C@@H](NC(=O)OC)C(C)C)[nH]c4c3)cc2[nH]1)C(C)C. The van der Waals surface area contributed by atoms with Gasteiger partial charge < -0.3 is 39.9 Å². The minimum Gasteiger partial charge on any atom is -0.453 e. The van der Waals surface area contributed by atoms with Crippen molar-refractivity contribution in [3.05, 3.63) is 94.6 Å². The van der Waals surface area contributed by atoms with E-state index >= 15 is 0 Å². The van der Waals surface area contributed by atoms with Gasteiger partial charge in [0.1, 0.15) is 23.7 Å². The smallest absolute Gasteiger partial charge is 0.407 e. The van der Waals surface area contributed by atoms with Crippen LogP contribution < -0.4 is 10.6 Å². The van der Waals surface area contributed by atoms with E-state index in [0.717, 1.165) is 70.5 Å². The Labute approximate surface area is 369 Å². The largest absolute Gasteiger partial charge is 0.453 e. The van der Waals surface area contributed by atoms with Gasteiger partial charge in [-0.05, 0) is 103 Å². The van der Waals surface area contributed by atoms with Crippen molar-refractivity contribution in [3.8, 4) is 0 Å². The number of fused-ring (bicyclic) bond motifs is 2. The van der Waals surface area contributed by atoms with Gasteiger partial charge in [0.05, 0.1) is 48.4 Å². The number of benzene rings is 3. The van der Waals surface area contributed by atoms with Crippen LogP contribution in [-0.4, -0.2) is 93.1 Å². The summed E-state index contributed by atoms with van der Waals surface area (Å²) in [4.78, 5) is 73.1. The van der Waals surface area contributed by atoms with Crippen molar-refractivity contribution >= 4 is 46.1 Å². The van der Waals surface area contributed by atoms with Crippen LogP contribution in [0.1, 0.15) is 143 Å². The number of aromatic nitrogens is 4. The van der Waals surface area contributed by atoms with Crippen molar-refractivity contribution in [1.82, 2.24) is 40.4 Å². The Morgan fingerprint density at radius 1 is 0.603 bits per heavy atom. The number of imidazole rings is 2. The highest BCUT2D eigenvalue weighted by atomic mass is 16.5. The minimum absolute atomic E-state index is 0.126. The van der Waals surface area contributed by atoms with Crippen LogP contribution in [0.25, 0.3) is 22.1 Å². The van der Waals surface area contributed by atoms with Crippen LogP contribution >= 0.6 is 0 Å². The Bertz CT molecular complexity index is 2300. The lowest BCUT2D eigenvalue weighted by molar-refractivity contribution is -0.136. The minimum atomic E-state index is -0.713. The molecule has 4 N–H and O–H groups in total. The summed E-state index contributed by atoms with van der Waals surface area (Å²) in [5.41, 5.74) is 8.16. The molecule has 4 amide bonds. The zero-order valence-corrected chi connectivity index (χ0v) is 37.4. The van der Waals surface area contributed by atoms with Crippen molar-refractivity contribution in [3.63, 3.8) is 0 Å². The van der Waals surface area contributed by atoms with Gasteiger partial charge in [-0.1, -0.05) is 83.4 Å². The zero-order valence-electron chi connectivity index (χ0n) is 37.4. The topological polar surface area (TPSA) is 175 Å². The molecule has 1 saturated carbocycles. The predicted molar refractivity (Wildman–Crippen MR) is 241 cm³/mol. The average Bonchev–Trinajstić information content (AvgIpc) is 4.13.